The molecule has 2 unspecified atom stereocenters. The van der Waals surface area contributed by atoms with Crippen molar-refractivity contribution in [2.45, 2.75) is 65.5 Å². The third-order valence-electron chi connectivity index (χ3n) is 4.51. The highest BCUT2D eigenvalue weighted by atomic mass is 16.3. The lowest BCUT2D eigenvalue weighted by Crippen LogP contribution is -2.33. The van der Waals surface area contributed by atoms with Crippen LogP contribution in [0.3, 0.4) is 0 Å². The zero-order chi connectivity index (χ0) is 13.8. The summed E-state index contributed by atoms with van der Waals surface area (Å²) in [5.41, 5.74) is 3.24. The summed E-state index contributed by atoms with van der Waals surface area (Å²) in [7, 11) is 0. The molecule has 1 saturated carbocycles. The Morgan fingerprint density at radius 1 is 1.21 bits per heavy atom. The predicted octanol–water partition coefficient (Wildman–Crippen LogP) is 4.07. The second kappa shape index (κ2) is 6.42. The number of aromatic hydroxyl groups is 1. The third kappa shape index (κ3) is 3.73. The maximum absolute atomic E-state index is 9.79. The lowest BCUT2D eigenvalue weighted by molar-refractivity contribution is 0.278. The average molecular weight is 261 g/mol. The summed E-state index contributed by atoms with van der Waals surface area (Å²) in [6.07, 6.45) is 6.73. The van der Waals surface area contributed by atoms with E-state index in [9.17, 15) is 5.11 Å². The molecule has 2 atom stereocenters. The lowest BCUT2D eigenvalue weighted by atomic mass is 9.84. The normalized spacial score (nSPS) is 23.5. The van der Waals surface area contributed by atoms with Crippen LogP contribution in [-0.2, 0) is 6.54 Å². The molecule has 1 aliphatic carbocycles. The average Bonchev–Trinajstić information content (AvgIpc) is 2.42. The second-order valence-corrected chi connectivity index (χ2v) is 6.10. The fourth-order valence-electron chi connectivity index (χ4n) is 3.26. The Bertz CT molecular complexity index is 404. The van der Waals surface area contributed by atoms with Crippen LogP contribution in [0.4, 0.5) is 0 Å². The van der Waals surface area contributed by atoms with Gasteiger partial charge in [-0.05, 0) is 49.3 Å². The van der Waals surface area contributed by atoms with Crippen LogP contribution >= 0.6 is 0 Å². The van der Waals surface area contributed by atoms with E-state index in [1.54, 1.807) is 0 Å². The first-order valence-corrected chi connectivity index (χ1v) is 7.62. The highest BCUT2D eigenvalue weighted by molar-refractivity contribution is 5.42. The molecule has 1 aliphatic rings. The summed E-state index contributed by atoms with van der Waals surface area (Å²) in [5, 5.41) is 13.5. The number of phenols is 1. The number of benzene rings is 1. The van der Waals surface area contributed by atoms with E-state index in [-0.39, 0.29) is 0 Å². The zero-order valence-corrected chi connectivity index (χ0v) is 12.5. The van der Waals surface area contributed by atoms with Crippen molar-refractivity contribution in [1.29, 1.82) is 0 Å². The molecule has 0 radical (unpaired) electrons. The van der Waals surface area contributed by atoms with Crippen LogP contribution in [0.5, 0.6) is 5.75 Å². The molecule has 0 heterocycles. The van der Waals surface area contributed by atoms with Gasteiger partial charge in [0.25, 0.3) is 0 Å². The first-order chi connectivity index (χ1) is 9.10. The minimum Gasteiger partial charge on any atom is -0.507 e. The van der Waals surface area contributed by atoms with Crippen molar-refractivity contribution in [3.05, 3.63) is 28.8 Å². The summed E-state index contributed by atoms with van der Waals surface area (Å²) >= 11 is 0. The van der Waals surface area contributed by atoms with Crippen LogP contribution in [0.25, 0.3) is 0 Å². The molecule has 0 spiro atoms. The largest absolute Gasteiger partial charge is 0.507 e. The van der Waals surface area contributed by atoms with Crippen LogP contribution < -0.4 is 5.32 Å². The van der Waals surface area contributed by atoms with E-state index in [0.717, 1.165) is 23.6 Å². The fourth-order valence-corrected chi connectivity index (χ4v) is 3.26. The Hall–Kier alpha value is -1.02. The summed E-state index contributed by atoms with van der Waals surface area (Å²) < 4.78 is 0. The van der Waals surface area contributed by atoms with Crippen molar-refractivity contribution in [2.24, 2.45) is 5.92 Å². The SMILES string of the molecule is CCC1CCCC(NCc2cc(C)c(O)c(C)c2)C1. The molecule has 1 fully saturated rings. The second-order valence-electron chi connectivity index (χ2n) is 6.10. The Balaban J connectivity index is 1.91. The van der Waals surface area contributed by atoms with Gasteiger partial charge in [-0.2, -0.15) is 0 Å². The Labute approximate surface area is 117 Å². The minimum absolute atomic E-state index is 0.437. The monoisotopic (exact) mass is 261 g/mol. The highest BCUT2D eigenvalue weighted by Gasteiger charge is 2.20. The molecule has 19 heavy (non-hydrogen) atoms. The van der Waals surface area contributed by atoms with Gasteiger partial charge in [0.05, 0.1) is 0 Å². The number of hydrogen-bond donors (Lipinski definition) is 2. The van der Waals surface area contributed by atoms with Gasteiger partial charge in [0.15, 0.2) is 0 Å². The van der Waals surface area contributed by atoms with Crippen LogP contribution in [0.2, 0.25) is 0 Å². The van der Waals surface area contributed by atoms with E-state index in [2.05, 4.69) is 24.4 Å². The molecule has 2 nitrogen and oxygen atoms in total. The van der Waals surface area contributed by atoms with Crippen molar-refractivity contribution >= 4 is 0 Å². The Morgan fingerprint density at radius 3 is 2.53 bits per heavy atom. The van der Waals surface area contributed by atoms with Crippen molar-refractivity contribution in [3.8, 4) is 5.75 Å². The van der Waals surface area contributed by atoms with Gasteiger partial charge in [-0.3, -0.25) is 0 Å². The van der Waals surface area contributed by atoms with E-state index in [0.29, 0.717) is 11.8 Å². The summed E-state index contributed by atoms with van der Waals surface area (Å²) in [6, 6.07) is 4.86. The number of nitrogens with one attached hydrogen (secondary N) is 1. The molecule has 0 saturated heterocycles. The molecular weight excluding hydrogens is 234 g/mol. The zero-order valence-electron chi connectivity index (χ0n) is 12.5. The molecular formula is C17H27NO. The van der Waals surface area contributed by atoms with E-state index in [4.69, 9.17) is 0 Å². The van der Waals surface area contributed by atoms with E-state index < -0.39 is 0 Å². The van der Waals surface area contributed by atoms with E-state index in [1.807, 2.05) is 13.8 Å². The summed E-state index contributed by atoms with van der Waals surface area (Å²) in [4.78, 5) is 0. The molecule has 2 N–H and O–H groups in total. The topological polar surface area (TPSA) is 32.3 Å². The van der Waals surface area contributed by atoms with Gasteiger partial charge >= 0.3 is 0 Å². The lowest BCUT2D eigenvalue weighted by Gasteiger charge is -2.29. The van der Waals surface area contributed by atoms with Crippen molar-refractivity contribution in [1.82, 2.24) is 5.32 Å². The minimum atomic E-state index is 0.437. The fraction of sp³-hybridized carbons (Fsp3) is 0.647. The van der Waals surface area contributed by atoms with Gasteiger partial charge in [0, 0.05) is 12.6 Å². The van der Waals surface area contributed by atoms with Gasteiger partial charge in [-0.25, -0.2) is 0 Å². The maximum Gasteiger partial charge on any atom is 0.121 e. The van der Waals surface area contributed by atoms with Crippen molar-refractivity contribution in [2.75, 3.05) is 0 Å². The molecule has 1 aromatic rings. The van der Waals surface area contributed by atoms with Gasteiger partial charge in [0.2, 0.25) is 0 Å². The molecule has 0 aromatic heterocycles. The standard InChI is InChI=1S/C17H27NO/c1-4-14-6-5-7-16(10-14)18-11-15-8-12(2)17(19)13(3)9-15/h8-9,14,16,18-19H,4-7,10-11H2,1-3H3. The molecule has 0 bridgehead atoms. The molecule has 0 aliphatic heterocycles. The molecule has 1 aromatic carbocycles. The number of aryl methyl sites for hydroxylation is 2. The summed E-state index contributed by atoms with van der Waals surface area (Å²) in [5.74, 6) is 1.35. The van der Waals surface area contributed by atoms with Gasteiger partial charge in [-0.15, -0.1) is 0 Å². The van der Waals surface area contributed by atoms with Crippen LogP contribution in [0.1, 0.15) is 55.7 Å². The summed E-state index contributed by atoms with van der Waals surface area (Å²) in [6.45, 7) is 7.17. The maximum atomic E-state index is 9.79. The molecule has 2 rings (SSSR count). The smallest absolute Gasteiger partial charge is 0.121 e. The Morgan fingerprint density at radius 2 is 1.89 bits per heavy atom. The van der Waals surface area contributed by atoms with Gasteiger partial charge in [-0.1, -0.05) is 38.3 Å². The predicted molar refractivity (Wildman–Crippen MR) is 80.5 cm³/mol. The van der Waals surface area contributed by atoms with E-state index in [1.165, 1.54) is 37.7 Å². The van der Waals surface area contributed by atoms with Crippen LogP contribution in [-0.4, -0.2) is 11.1 Å². The van der Waals surface area contributed by atoms with E-state index >= 15 is 0 Å². The molecule has 2 heteroatoms. The van der Waals surface area contributed by atoms with Crippen LogP contribution in [0.15, 0.2) is 12.1 Å². The first-order valence-electron chi connectivity index (χ1n) is 7.62. The van der Waals surface area contributed by atoms with Crippen LogP contribution in [0, 0.1) is 19.8 Å². The number of hydrogen-bond acceptors (Lipinski definition) is 2. The highest BCUT2D eigenvalue weighted by Crippen LogP contribution is 2.27. The van der Waals surface area contributed by atoms with Gasteiger partial charge in [0.1, 0.15) is 5.75 Å². The third-order valence-corrected chi connectivity index (χ3v) is 4.51. The quantitative estimate of drug-likeness (QED) is 0.856. The van der Waals surface area contributed by atoms with Crippen molar-refractivity contribution in [3.63, 3.8) is 0 Å². The van der Waals surface area contributed by atoms with Gasteiger partial charge < -0.3 is 10.4 Å². The molecule has 0 amide bonds. The number of rotatable bonds is 4. The first kappa shape index (κ1) is 14.4. The Kier molecular flexibility index (Phi) is 4.87. The molecule has 106 valence electrons. The van der Waals surface area contributed by atoms with Crippen molar-refractivity contribution < 1.29 is 5.11 Å². The number of phenolic OH excluding ortho intramolecular Hbond substituents is 1.